The first-order chi connectivity index (χ1) is 17.0. The van der Waals surface area contributed by atoms with Gasteiger partial charge in [-0.15, -0.1) is 0 Å². The third-order valence-corrected chi connectivity index (χ3v) is 6.55. The van der Waals surface area contributed by atoms with Crippen LogP contribution < -0.4 is 16.1 Å². The van der Waals surface area contributed by atoms with E-state index in [0.29, 0.717) is 22.3 Å². The van der Waals surface area contributed by atoms with Crippen molar-refractivity contribution in [3.8, 4) is 0 Å². The summed E-state index contributed by atoms with van der Waals surface area (Å²) in [4.78, 5) is 38.6. The molecule has 3 amide bonds. The Kier molecular flexibility index (Phi) is 7.33. The van der Waals surface area contributed by atoms with Crippen LogP contribution in [0.2, 0.25) is 0 Å². The number of aromatic nitrogens is 1. The fourth-order valence-electron chi connectivity index (χ4n) is 3.60. The first-order valence-corrected chi connectivity index (χ1v) is 12.7. The van der Waals surface area contributed by atoms with Gasteiger partial charge in [-0.1, -0.05) is 64.8 Å². The Morgan fingerprint density at radius 3 is 1.94 bits per heavy atom. The molecule has 1 heterocycles. The molecule has 0 saturated heterocycles. The fourth-order valence-corrected chi connectivity index (χ4v) is 4.24. The average Bonchev–Trinajstić information content (AvgIpc) is 3.17. The Morgan fingerprint density at radius 1 is 0.722 bits per heavy atom. The zero-order valence-electron chi connectivity index (χ0n) is 19.9. The molecule has 9 heteroatoms. The van der Waals surface area contributed by atoms with E-state index in [4.69, 9.17) is 0 Å². The topological polar surface area (TPSA) is 92.2 Å². The number of anilines is 2. The number of carbonyl (C=O) groups is 3. The van der Waals surface area contributed by atoms with Gasteiger partial charge in [-0.2, -0.15) is 0 Å². The van der Waals surface area contributed by atoms with Crippen LogP contribution in [0.5, 0.6) is 0 Å². The summed E-state index contributed by atoms with van der Waals surface area (Å²) in [6.45, 7) is 6.29. The standard InChI is InChI=1S/C27H24Br2N4O3/c1-27(2,3)17-4-9-20(10-5-17)31-25(35)26(36)32-33-22-13-8-19(29)14-16(22)15-23(33)24(34)30-21-11-6-18(28)7-12-21/h4-15H,1-3H3,(H,30,34)(H,31,35)(H,32,36). The van der Waals surface area contributed by atoms with Crippen LogP contribution in [0.4, 0.5) is 11.4 Å². The number of carbonyl (C=O) groups excluding carboxylic acids is 3. The van der Waals surface area contributed by atoms with Crippen LogP contribution in [-0.2, 0) is 15.0 Å². The molecule has 0 atom stereocenters. The summed E-state index contributed by atoms with van der Waals surface area (Å²) >= 11 is 6.79. The van der Waals surface area contributed by atoms with Gasteiger partial charge in [0.25, 0.3) is 5.91 Å². The van der Waals surface area contributed by atoms with Crippen LogP contribution in [0.25, 0.3) is 10.9 Å². The van der Waals surface area contributed by atoms with Crippen molar-refractivity contribution in [2.24, 2.45) is 0 Å². The SMILES string of the molecule is CC(C)(C)c1ccc(NC(=O)C(=O)Nn2c(C(=O)Nc3ccc(Br)cc3)cc3cc(Br)ccc32)cc1. The molecule has 0 saturated carbocycles. The molecule has 1 aromatic heterocycles. The van der Waals surface area contributed by atoms with Gasteiger partial charge in [0.05, 0.1) is 5.52 Å². The highest BCUT2D eigenvalue weighted by molar-refractivity contribution is 9.10. The Labute approximate surface area is 225 Å². The van der Waals surface area contributed by atoms with Gasteiger partial charge < -0.3 is 10.6 Å². The second-order valence-corrected chi connectivity index (χ2v) is 11.1. The van der Waals surface area contributed by atoms with Crippen molar-refractivity contribution in [3.63, 3.8) is 0 Å². The number of nitrogens with zero attached hydrogens (tertiary/aromatic N) is 1. The molecule has 0 radical (unpaired) electrons. The van der Waals surface area contributed by atoms with Gasteiger partial charge in [0.1, 0.15) is 5.69 Å². The molecule has 0 aliphatic rings. The van der Waals surface area contributed by atoms with Crippen molar-refractivity contribution in [3.05, 3.63) is 93.0 Å². The number of hydrogen-bond donors (Lipinski definition) is 3. The van der Waals surface area contributed by atoms with Gasteiger partial charge in [-0.3, -0.25) is 19.8 Å². The van der Waals surface area contributed by atoms with E-state index < -0.39 is 17.7 Å². The normalized spacial score (nSPS) is 11.2. The lowest BCUT2D eigenvalue weighted by atomic mass is 9.87. The predicted molar refractivity (Wildman–Crippen MR) is 150 cm³/mol. The average molecular weight is 612 g/mol. The molecule has 0 fully saturated rings. The molecule has 0 aliphatic carbocycles. The molecular weight excluding hydrogens is 588 g/mol. The van der Waals surface area contributed by atoms with Crippen LogP contribution in [0, 0.1) is 0 Å². The van der Waals surface area contributed by atoms with Crippen molar-refractivity contribution < 1.29 is 14.4 Å². The molecule has 4 rings (SSSR count). The minimum Gasteiger partial charge on any atom is -0.321 e. The minimum absolute atomic E-state index is 0.0302. The summed E-state index contributed by atoms with van der Waals surface area (Å²) < 4.78 is 3.01. The van der Waals surface area contributed by atoms with E-state index in [2.05, 4.69) is 68.7 Å². The Bertz CT molecular complexity index is 1450. The van der Waals surface area contributed by atoms with Crippen molar-refractivity contribution in [1.29, 1.82) is 0 Å². The summed E-state index contributed by atoms with van der Waals surface area (Å²) in [5.74, 6) is -2.20. The number of amides is 3. The molecule has 184 valence electrons. The second-order valence-electron chi connectivity index (χ2n) is 9.25. The van der Waals surface area contributed by atoms with Crippen molar-refractivity contribution in [2.45, 2.75) is 26.2 Å². The van der Waals surface area contributed by atoms with Crippen LogP contribution in [0.3, 0.4) is 0 Å². The maximum absolute atomic E-state index is 13.1. The van der Waals surface area contributed by atoms with Gasteiger partial charge in [0.15, 0.2) is 0 Å². The summed E-state index contributed by atoms with van der Waals surface area (Å²) in [6, 6.07) is 21.5. The quantitative estimate of drug-likeness (QED) is 0.232. The highest BCUT2D eigenvalue weighted by Gasteiger charge is 2.21. The Balaban J connectivity index is 1.57. The zero-order chi connectivity index (χ0) is 26.0. The van der Waals surface area contributed by atoms with Gasteiger partial charge in [0, 0.05) is 25.7 Å². The van der Waals surface area contributed by atoms with Crippen molar-refractivity contribution >= 4 is 71.9 Å². The third-order valence-electron chi connectivity index (χ3n) is 5.53. The van der Waals surface area contributed by atoms with Gasteiger partial charge in [-0.05, 0) is 71.6 Å². The number of halogens is 2. The van der Waals surface area contributed by atoms with Crippen molar-refractivity contribution in [1.82, 2.24) is 4.68 Å². The first kappa shape index (κ1) is 25.7. The highest BCUT2D eigenvalue weighted by Crippen LogP contribution is 2.25. The maximum Gasteiger partial charge on any atom is 0.328 e. The Morgan fingerprint density at radius 2 is 1.31 bits per heavy atom. The molecular formula is C27H24Br2N4O3. The highest BCUT2D eigenvalue weighted by atomic mass is 79.9. The number of hydrogen-bond acceptors (Lipinski definition) is 3. The summed E-state index contributed by atoms with van der Waals surface area (Å²) in [5, 5.41) is 6.14. The van der Waals surface area contributed by atoms with Crippen LogP contribution in [0.1, 0.15) is 36.8 Å². The van der Waals surface area contributed by atoms with E-state index in [9.17, 15) is 14.4 Å². The minimum atomic E-state index is -0.909. The smallest absolute Gasteiger partial charge is 0.321 e. The number of fused-ring (bicyclic) bond motifs is 1. The molecule has 4 aromatic rings. The van der Waals surface area contributed by atoms with E-state index in [-0.39, 0.29) is 11.1 Å². The van der Waals surface area contributed by atoms with Gasteiger partial charge in [-0.25, -0.2) is 4.68 Å². The lowest BCUT2D eigenvalue weighted by Gasteiger charge is -2.19. The summed E-state index contributed by atoms with van der Waals surface area (Å²) in [7, 11) is 0. The molecule has 7 nitrogen and oxygen atoms in total. The zero-order valence-corrected chi connectivity index (χ0v) is 23.0. The molecule has 0 unspecified atom stereocenters. The van der Waals surface area contributed by atoms with Gasteiger partial charge in [0.2, 0.25) is 0 Å². The first-order valence-electron chi connectivity index (χ1n) is 11.1. The monoisotopic (exact) mass is 610 g/mol. The van der Waals surface area contributed by atoms with Crippen LogP contribution in [-0.4, -0.2) is 22.4 Å². The van der Waals surface area contributed by atoms with Crippen LogP contribution in [0.15, 0.2) is 81.7 Å². The molecule has 0 spiro atoms. The van der Waals surface area contributed by atoms with E-state index in [1.807, 2.05) is 30.3 Å². The molecule has 3 aromatic carbocycles. The van der Waals surface area contributed by atoms with E-state index in [1.165, 1.54) is 4.68 Å². The lowest BCUT2D eigenvalue weighted by Crippen LogP contribution is -2.36. The Hall–Kier alpha value is -3.43. The third kappa shape index (κ3) is 5.85. The van der Waals surface area contributed by atoms with E-state index >= 15 is 0 Å². The van der Waals surface area contributed by atoms with E-state index in [0.717, 1.165) is 14.5 Å². The summed E-state index contributed by atoms with van der Waals surface area (Å²) in [5.41, 5.74) is 5.46. The predicted octanol–water partition coefficient (Wildman–Crippen LogP) is 6.42. The lowest BCUT2D eigenvalue weighted by molar-refractivity contribution is -0.133. The van der Waals surface area contributed by atoms with Crippen LogP contribution >= 0.6 is 31.9 Å². The van der Waals surface area contributed by atoms with Gasteiger partial charge >= 0.3 is 11.8 Å². The fraction of sp³-hybridized carbons (Fsp3) is 0.148. The number of benzene rings is 3. The van der Waals surface area contributed by atoms with E-state index in [1.54, 1.807) is 42.5 Å². The molecule has 0 aliphatic heterocycles. The molecule has 0 bridgehead atoms. The maximum atomic E-state index is 13.1. The molecule has 36 heavy (non-hydrogen) atoms. The largest absolute Gasteiger partial charge is 0.328 e. The second kappa shape index (κ2) is 10.3. The van der Waals surface area contributed by atoms with Crippen molar-refractivity contribution in [2.75, 3.05) is 16.1 Å². The summed E-state index contributed by atoms with van der Waals surface area (Å²) in [6.07, 6.45) is 0. The number of rotatable bonds is 4. The molecule has 3 N–H and O–H groups in total. The number of nitrogens with one attached hydrogen (secondary N) is 3.